The van der Waals surface area contributed by atoms with E-state index in [0.717, 1.165) is 46.1 Å². The molecule has 1 saturated heterocycles. The molecule has 0 amide bonds. The number of pyridine rings is 1. The van der Waals surface area contributed by atoms with Gasteiger partial charge < -0.3 is 16.0 Å². The SMILES string of the molecule is Nc1cc(Nc2nccc3nc(N4CC5CCC(C5)C4)sc23)ncn1. The summed E-state index contributed by atoms with van der Waals surface area (Å²) in [5, 5.41) is 4.35. The third-order valence-corrected chi connectivity index (χ3v) is 6.24. The standard InChI is InChI=1S/C17H19N7S/c18-13-6-14(21-9-20-13)23-16-15-12(3-4-19-16)22-17(25-15)24-7-10-1-2-11(5-10)8-24/h3-4,6,9-11H,1-2,5,7-8H2,(H3,18,19,20,21,23). The minimum atomic E-state index is 0.429. The lowest BCUT2D eigenvalue weighted by Crippen LogP contribution is -2.36. The molecular weight excluding hydrogens is 334 g/mol. The van der Waals surface area contributed by atoms with Crippen LogP contribution in [0.3, 0.4) is 0 Å². The zero-order chi connectivity index (χ0) is 16.8. The van der Waals surface area contributed by atoms with Gasteiger partial charge in [0.05, 0.1) is 10.2 Å². The Kier molecular flexibility index (Phi) is 3.44. The summed E-state index contributed by atoms with van der Waals surface area (Å²) in [6.07, 6.45) is 7.36. The molecule has 3 N–H and O–H groups in total. The first-order chi connectivity index (χ1) is 12.2. The van der Waals surface area contributed by atoms with Gasteiger partial charge in [-0.1, -0.05) is 11.3 Å². The first-order valence-electron chi connectivity index (χ1n) is 8.59. The normalized spacial score (nSPS) is 22.5. The van der Waals surface area contributed by atoms with Crippen LogP contribution in [0.15, 0.2) is 24.7 Å². The number of piperidine rings is 1. The lowest BCUT2D eigenvalue weighted by molar-refractivity contribution is 0.421. The molecule has 128 valence electrons. The molecule has 4 heterocycles. The van der Waals surface area contributed by atoms with Gasteiger partial charge in [0.25, 0.3) is 0 Å². The number of nitrogen functional groups attached to an aromatic ring is 1. The minimum Gasteiger partial charge on any atom is -0.384 e. The summed E-state index contributed by atoms with van der Waals surface area (Å²) >= 11 is 1.70. The molecule has 3 aromatic rings. The molecule has 1 saturated carbocycles. The van der Waals surface area contributed by atoms with Crippen LogP contribution in [0, 0.1) is 11.8 Å². The van der Waals surface area contributed by atoms with E-state index in [-0.39, 0.29) is 0 Å². The number of aromatic nitrogens is 4. The van der Waals surface area contributed by atoms with E-state index in [1.807, 2.05) is 6.07 Å². The quantitative estimate of drug-likeness (QED) is 0.747. The highest BCUT2D eigenvalue weighted by molar-refractivity contribution is 7.22. The van der Waals surface area contributed by atoms with Crippen molar-refractivity contribution in [3.05, 3.63) is 24.7 Å². The molecule has 0 aromatic carbocycles. The maximum Gasteiger partial charge on any atom is 0.186 e. The summed E-state index contributed by atoms with van der Waals surface area (Å²) in [5.74, 6) is 3.51. The van der Waals surface area contributed by atoms with Crippen molar-refractivity contribution in [3.63, 3.8) is 0 Å². The molecule has 0 spiro atoms. The zero-order valence-corrected chi connectivity index (χ0v) is 14.5. The minimum absolute atomic E-state index is 0.429. The Morgan fingerprint density at radius 2 is 2.00 bits per heavy atom. The number of rotatable bonds is 3. The predicted molar refractivity (Wildman–Crippen MR) is 100 cm³/mol. The molecule has 2 fully saturated rings. The van der Waals surface area contributed by atoms with E-state index in [1.165, 1.54) is 25.6 Å². The number of nitrogens with zero attached hydrogens (tertiary/aromatic N) is 5. The Labute approximate surface area is 149 Å². The molecule has 8 heteroatoms. The van der Waals surface area contributed by atoms with Crippen LogP contribution in [0.25, 0.3) is 10.2 Å². The van der Waals surface area contributed by atoms with Crippen molar-refractivity contribution in [2.24, 2.45) is 11.8 Å². The summed E-state index contributed by atoms with van der Waals surface area (Å²) in [6, 6.07) is 3.66. The van der Waals surface area contributed by atoms with Gasteiger partial charge in [0.1, 0.15) is 18.0 Å². The van der Waals surface area contributed by atoms with Gasteiger partial charge in [-0.25, -0.2) is 19.9 Å². The summed E-state index contributed by atoms with van der Waals surface area (Å²) in [7, 11) is 0. The second kappa shape index (κ2) is 5.80. The first-order valence-corrected chi connectivity index (χ1v) is 9.41. The molecule has 1 aliphatic heterocycles. The maximum absolute atomic E-state index is 5.73. The van der Waals surface area contributed by atoms with Crippen molar-refractivity contribution in [2.75, 3.05) is 29.0 Å². The average Bonchev–Trinajstić information content (AvgIpc) is 3.19. The van der Waals surface area contributed by atoms with E-state index >= 15 is 0 Å². The van der Waals surface area contributed by atoms with Gasteiger partial charge in [0, 0.05) is 25.4 Å². The highest BCUT2D eigenvalue weighted by atomic mass is 32.1. The number of hydrogen-bond acceptors (Lipinski definition) is 8. The van der Waals surface area contributed by atoms with Gasteiger partial charge in [0.2, 0.25) is 0 Å². The molecule has 1 aliphatic carbocycles. The Morgan fingerprint density at radius 3 is 2.80 bits per heavy atom. The highest BCUT2D eigenvalue weighted by Crippen LogP contribution is 2.41. The molecule has 2 unspecified atom stereocenters. The Balaban J connectivity index is 1.48. The lowest BCUT2D eigenvalue weighted by Gasteiger charge is -2.31. The first kappa shape index (κ1) is 14.8. The van der Waals surface area contributed by atoms with Crippen LogP contribution in [0.5, 0.6) is 0 Å². The predicted octanol–water partition coefficient (Wildman–Crippen LogP) is 3.04. The van der Waals surface area contributed by atoms with Crippen LogP contribution < -0.4 is 16.0 Å². The molecule has 2 bridgehead atoms. The molecule has 2 atom stereocenters. The van der Waals surface area contributed by atoms with E-state index in [4.69, 9.17) is 10.7 Å². The smallest absolute Gasteiger partial charge is 0.186 e. The third-order valence-electron chi connectivity index (χ3n) is 5.11. The summed E-state index contributed by atoms with van der Waals surface area (Å²) in [4.78, 5) is 19.9. The van der Waals surface area contributed by atoms with Crippen LogP contribution in [0.4, 0.5) is 22.6 Å². The molecule has 0 radical (unpaired) electrons. The number of nitrogens with one attached hydrogen (secondary N) is 1. The molecule has 3 aromatic heterocycles. The molecule has 5 rings (SSSR count). The monoisotopic (exact) mass is 353 g/mol. The fraction of sp³-hybridized carbons (Fsp3) is 0.412. The summed E-state index contributed by atoms with van der Waals surface area (Å²) in [6.45, 7) is 2.27. The van der Waals surface area contributed by atoms with Crippen molar-refractivity contribution in [1.29, 1.82) is 0 Å². The van der Waals surface area contributed by atoms with Crippen LogP contribution in [-0.4, -0.2) is 33.0 Å². The van der Waals surface area contributed by atoms with E-state index < -0.39 is 0 Å². The van der Waals surface area contributed by atoms with E-state index in [2.05, 4.69) is 25.2 Å². The Morgan fingerprint density at radius 1 is 1.16 bits per heavy atom. The van der Waals surface area contributed by atoms with E-state index in [1.54, 1.807) is 23.6 Å². The lowest BCUT2D eigenvalue weighted by atomic mass is 9.99. The number of thiazole rings is 1. The summed E-state index contributed by atoms with van der Waals surface area (Å²) < 4.78 is 1.05. The van der Waals surface area contributed by atoms with Gasteiger partial charge in [-0.2, -0.15) is 0 Å². The second-order valence-electron chi connectivity index (χ2n) is 6.91. The van der Waals surface area contributed by atoms with Crippen molar-refractivity contribution in [2.45, 2.75) is 19.3 Å². The molecular formula is C17H19N7S. The Bertz CT molecular complexity index is 912. The topological polar surface area (TPSA) is 92.8 Å². The van der Waals surface area contributed by atoms with Crippen LogP contribution in [-0.2, 0) is 0 Å². The van der Waals surface area contributed by atoms with E-state index in [9.17, 15) is 0 Å². The number of anilines is 4. The van der Waals surface area contributed by atoms with Crippen LogP contribution >= 0.6 is 11.3 Å². The van der Waals surface area contributed by atoms with Gasteiger partial charge in [-0.05, 0) is 37.2 Å². The number of nitrogens with two attached hydrogens (primary N) is 1. The van der Waals surface area contributed by atoms with Gasteiger partial charge in [-0.15, -0.1) is 0 Å². The largest absolute Gasteiger partial charge is 0.384 e. The van der Waals surface area contributed by atoms with Crippen molar-refractivity contribution >= 4 is 44.1 Å². The fourth-order valence-corrected chi connectivity index (χ4v) is 5.02. The number of fused-ring (bicyclic) bond motifs is 3. The van der Waals surface area contributed by atoms with Gasteiger partial charge in [0.15, 0.2) is 10.9 Å². The maximum atomic E-state index is 5.73. The molecule has 7 nitrogen and oxygen atoms in total. The molecule has 2 aliphatic rings. The average molecular weight is 353 g/mol. The number of hydrogen-bond donors (Lipinski definition) is 2. The third kappa shape index (κ3) is 2.76. The zero-order valence-electron chi connectivity index (χ0n) is 13.7. The highest BCUT2D eigenvalue weighted by Gasteiger charge is 2.34. The van der Waals surface area contributed by atoms with Gasteiger partial charge >= 0.3 is 0 Å². The molecule has 25 heavy (non-hydrogen) atoms. The van der Waals surface area contributed by atoms with Gasteiger partial charge in [-0.3, -0.25) is 0 Å². The summed E-state index contributed by atoms with van der Waals surface area (Å²) in [5.41, 5.74) is 6.70. The second-order valence-corrected chi connectivity index (χ2v) is 7.88. The van der Waals surface area contributed by atoms with Crippen molar-refractivity contribution in [3.8, 4) is 0 Å². The Hall–Kier alpha value is -2.48. The van der Waals surface area contributed by atoms with Crippen LogP contribution in [0.2, 0.25) is 0 Å². The van der Waals surface area contributed by atoms with Crippen LogP contribution in [0.1, 0.15) is 19.3 Å². The fourth-order valence-electron chi connectivity index (χ4n) is 3.99. The van der Waals surface area contributed by atoms with E-state index in [0.29, 0.717) is 11.6 Å². The van der Waals surface area contributed by atoms with Crippen molar-refractivity contribution in [1.82, 2.24) is 19.9 Å². The van der Waals surface area contributed by atoms with Crippen molar-refractivity contribution < 1.29 is 0 Å².